The lowest BCUT2D eigenvalue weighted by atomic mass is 9.98. The van der Waals surface area contributed by atoms with Gasteiger partial charge in [-0.25, -0.2) is 8.78 Å². The van der Waals surface area contributed by atoms with Crippen LogP contribution in [0.4, 0.5) is 8.78 Å². The minimum absolute atomic E-state index is 0.101. The lowest BCUT2D eigenvalue weighted by Crippen LogP contribution is -2.18. The summed E-state index contributed by atoms with van der Waals surface area (Å²) in [5, 5.41) is 3.11. The van der Waals surface area contributed by atoms with E-state index in [0.29, 0.717) is 11.1 Å². The van der Waals surface area contributed by atoms with Gasteiger partial charge in [0.25, 0.3) is 0 Å². The van der Waals surface area contributed by atoms with Crippen LogP contribution in [-0.2, 0) is 0 Å². The molecule has 1 unspecified atom stereocenters. The van der Waals surface area contributed by atoms with Crippen molar-refractivity contribution in [2.75, 3.05) is 7.05 Å². The van der Waals surface area contributed by atoms with Crippen molar-refractivity contribution in [2.45, 2.75) is 71.3 Å². The minimum Gasteiger partial charge on any atom is -0.313 e. The number of halogens is 2. The van der Waals surface area contributed by atoms with Crippen LogP contribution in [0, 0.1) is 18.6 Å². The molecular formula is C18H29F2N. The van der Waals surface area contributed by atoms with E-state index in [0.717, 1.165) is 19.3 Å². The molecular weight excluding hydrogens is 268 g/mol. The van der Waals surface area contributed by atoms with Crippen molar-refractivity contribution in [3.05, 3.63) is 34.9 Å². The quantitative estimate of drug-likeness (QED) is 0.548. The fourth-order valence-electron chi connectivity index (χ4n) is 2.69. The molecule has 21 heavy (non-hydrogen) atoms. The summed E-state index contributed by atoms with van der Waals surface area (Å²) in [5.41, 5.74) is 0.814. The van der Waals surface area contributed by atoms with Crippen molar-refractivity contribution in [3.8, 4) is 0 Å². The number of benzene rings is 1. The Kier molecular flexibility index (Phi) is 8.51. The second-order valence-corrected chi connectivity index (χ2v) is 5.87. The van der Waals surface area contributed by atoms with Gasteiger partial charge >= 0.3 is 0 Å². The van der Waals surface area contributed by atoms with Crippen molar-refractivity contribution in [1.29, 1.82) is 0 Å². The van der Waals surface area contributed by atoms with E-state index in [4.69, 9.17) is 0 Å². The van der Waals surface area contributed by atoms with E-state index < -0.39 is 0 Å². The second kappa shape index (κ2) is 9.88. The molecule has 0 aliphatic rings. The molecule has 0 fully saturated rings. The van der Waals surface area contributed by atoms with Gasteiger partial charge in [-0.3, -0.25) is 0 Å². The molecule has 1 aromatic rings. The van der Waals surface area contributed by atoms with Crippen LogP contribution in [0.5, 0.6) is 0 Å². The Labute approximate surface area is 128 Å². The van der Waals surface area contributed by atoms with Crippen molar-refractivity contribution >= 4 is 0 Å². The Hall–Kier alpha value is -0.960. The zero-order chi connectivity index (χ0) is 15.7. The Morgan fingerprint density at radius 1 is 0.952 bits per heavy atom. The highest BCUT2D eigenvalue weighted by molar-refractivity contribution is 5.27. The average Bonchev–Trinajstić information content (AvgIpc) is 2.46. The highest BCUT2D eigenvalue weighted by atomic mass is 19.1. The normalized spacial score (nSPS) is 12.6. The lowest BCUT2D eigenvalue weighted by molar-refractivity contribution is 0.470. The van der Waals surface area contributed by atoms with Crippen LogP contribution < -0.4 is 5.32 Å². The van der Waals surface area contributed by atoms with Crippen LogP contribution in [0.25, 0.3) is 0 Å². The van der Waals surface area contributed by atoms with Gasteiger partial charge < -0.3 is 5.32 Å². The molecule has 0 aromatic heterocycles. The summed E-state index contributed by atoms with van der Waals surface area (Å²) in [6, 6.07) is 2.53. The number of hydrogen-bond acceptors (Lipinski definition) is 1. The third-order valence-electron chi connectivity index (χ3n) is 4.10. The first-order valence-electron chi connectivity index (χ1n) is 8.23. The topological polar surface area (TPSA) is 12.0 Å². The van der Waals surface area contributed by atoms with Crippen LogP contribution >= 0.6 is 0 Å². The van der Waals surface area contributed by atoms with E-state index in [-0.39, 0.29) is 17.7 Å². The van der Waals surface area contributed by atoms with E-state index in [1.165, 1.54) is 44.2 Å². The van der Waals surface area contributed by atoms with Gasteiger partial charge in [-0.1, -0.05) is 51.9 Å². The first kappa shape index (κ1) is 18.1. The summed E-state index contributed by atoms with van der Waals surface area (Å²) in [6.07, 6.45) is 9.47. The minimum atomic E-state index is -0.328. The lowest BCUT2D eigenvalue weighted by Gasteiger charge is -2.18. The molecule has 0 aliphatic carbocycles. The molecule has 0 radical (unpaired) electrons. The number of aryl methyl sites for hydroxylation is 1. The maximum Gasteiger partial charge on any atom is 0.128 e. The molecule has 1 atom stereocenters. The van der Waals surface area contributed by atoms with Crippen LogP contribution in [0.3, 0.4) is 0 Å². The maximum atomic E-state index is 14.0. The predicted molar refractivity (Wildman–Crippen MR) is 85.5 cm³/mol. The Bertz CT molecular complexity index is 418. The SMILES string of the molecule is CCCCCCCCCC(NC)c1cc(F)c(C)cc1F. The molecule has 0 amide bonds. The third-order valence-corrected chi connectivity index (χ3v) is 4.10. The Morgan fingerprint density at radius 2 is 1.57 bits per heavy atom. The summed E-state index contributed by atoms with van der Waals surface area (Å²) in [6.45, 7) is 3.81. The van der Waals surface area contributed by atoms with Gasteiger partial charge in [-0.2, -0.15) is 0 Å². The van der Waals surface area contributed by atoms with E-state index in [2.05, 4.69) is 12.2 Å². The molecule has 0 bridgehead atoms. The van der Waals surface area contributed by atoms with Crippen LogP contribution in [-0.4, -0.2) is 7.05 Å². The van der Waals surface area contributed by atoms with Crippen molar-refractivity contribution in [1.82, 2.24) is 5.32 Å². The van der Waals surface area contributed by atoms with Gasteiger partial charge in [0, 0.05) is 11.6 Å². The van der Waals surface area contributed by atoms with E-state index in [9.17, 15) is 8.78 Å². The molecule has 0 heterocycles. The maximum absolute atomic E-state index is 14.0. The molecule has 0 saturated heterocycles. The third kappa shape index (κ3) is 6.13. The monoisotopic (exact) mass is 297 g/mol. The molecule has 0 aliphatic heterocycles. The molecule has 120 valence electrons. The van der Waals surface area contributed by atoms with Crippen LogP contribution in [0.1, 0.15) is 75.5 Å². The zero-order valence-electron chi connectivity index (χ0n) is 13.6. The summed E-state index contributed by atoms with van der Waals surface area (Å²) in [7, 11) is 1.81. The molecule has 1 aromatic carbocycles. The first-order valence-corrected chi connectivity index (χ1v) is 8.23. The summed E-state index contributed by atoms with van der Waals surface area (Å²) >= 11 is 0. The standard InChI is InChI=1S/C18H29F2N/c1-4-5-6-7-8-9-10-11-18(21-3)15-13-16(19)14(2)12-17(15)20/h12-13,18,21H,4-11H2,1-3H3. The van der Waals surface area contributed by atoms with Gasteiger partial charge in [0.2, 0.25) is 0 Å². The number of hydrogen-bond donors (Lipinski definition) is 1. The zero-order valence-corrected chi connectivity index (χ0v) is 13.6. The fraction of sp³-hybridized carbons (Fsp3) is 0.667. The van der Waals surface area contributed by atoms with E-state index in [1.807, 2.05) is 7.05 Å². The van der Waals surface area contributed by atoms with Crippen LogP contribution in [0.2, 0.25) is 0 Å². The number of nitrogens with one attached hydrogen (secondary N) is 1. The number of rotatable bonds is 10. The highest BCUT2D eigenvalue weighted by Gasteiger charge is 2.16. The molecule has 0 spiro atoms. The van der Waals surface area contributed by atoms with Gasteiger partial charge in [-0.05, 0) is 38.1 Å². The summed E-state index contributed by atoms with van der Waals surface area (Å²) in [5.74, 6) is -0.637. The average molecular weight is 297 g/mol. The van der Waals surface area contributed by atoms with E-state index in [1.54, 1.807) is 6.92 Å². The number of unbranched alkanes of at least 4 members (excludes halogenated alkanes) is 6. The molecule has 1 N–H and O–H groups in total. The van der Waals surface area contributed by atoms with Gasteiger partial charge in [-0.15, -0.1) is 0 Å². The van der Waals surface area contributed by atoms with Gasteiger partial charge in [0.15, 0.2) is 0 Å². The molecule has 0 saturated carbocycles. The predicted octanol–water partition coefficient (Wildman–Crippen LogP) is 5.67. The van der Waals surface area contributed by atoms with Gasteiger partial charge in [0.05, 0.1) is 0 Å². The molecule has 3 heteroatoms. The summed E-state index contributed by atoms with van der Waals surface area (Å²) in [4.78, 5) is 0. The van der Waals surface area contributed by atoms with Gasteiger partial charge in [0.1, 0.15) is 11.6 Å². The van der Waals surface area contributed by atoms with Crippen molar-refractivity contribution < 1.29 is 8.78 Å². The highest BCUT2D eigenvalue weighted by Crippen LogP contribution is 2.25. The first-order chi connectivity index (χ1) is 10.1. The smallest absolute Gasteiger partial charge is 0.128 e. The largest absolute Gasteiger partial charge is 0.313 e. The van der Waals surface area contributed by atoms with E-state index >= 15 is 0 Å². The second-order valence-electron chi connectivity index (χ2n) is 5.87. The molecule has 1 rings (SSSR count). The fourth-order valence-corrected chi connectivity index (χ4v) is 2.69. The van der Waals surface area contributed by atoms with Crippen molar-refractivity contribution in [3.63, 3.8) is 0 Å². The van der Waals surface area contributed by atoms with Crippen molar-refractivity contribution in [2.24, 2.45) is 0 Å². The summed E-state index contributed by atoms with van der Waals surface area (Å²) < 4.78 is 27.6. The Morgan fingerprint density at radius 3 is 2.19 bits per heavy atom. The van der Waals surface area contributed by atoms with Crippen LogP contribution in [0.15, 0.2) is 12.1 Å². The Balaban J connectivity index is 2.43. The molecule has 1 nitrogen and oxygen atoms in total.